The average Bonchev–Trinajstić information content (AvgIpc) is 3.18. The van der Waals surface area contributed by atoms with Crippen LogP contribution in [0.4, 0.5) is 5.69 Å². The lowest BCUT2D eigenvalue weighted by molar-refractivity contribution is -0.113. The maximum atomic E-state index is 13.4. The van der Waals surface area contributed by atoms with Gasteiger partial charge in [-0.2, -0.15) is 0 Å². The highest BCUT2D eigenvalue weighted by Crippen LogP contribution is 2.42. The topological polar surface area (TPSA) is 67.2 Å². The van der Waals surface area contributed by atoms with E-state index in [9.17, 15) is 9.59 Å². The number of piperidine rings is 1. The summed E-state index contributed by atoms with van der Waals surface area (Å²) in [6.07, 6.45) is 5.32. The van der Waals surface area contributed by atoms with Crippen LogP contribution in [0, 0.1) is 0 Å². The Morgan fingerprint density at radius 3 is 2.50 bits per heavy atom. The maximum Gasteiger partial charge on any atom is 0.271 e. The lowest BCUT2D eigenvalue weighted by atomic mass is 9.97. The number of anilines is 1. The first-order valence-electron chi connectivity index (χ1n) is 11.3. The molecule has 8 heteroatoms. The van der Waals surface area contributed by atoms with Crippen LogP contribution in [0.15, 0.2) is 39.6 Å². The molecule has 0 radical (unpaired) electrons. The minimum absolute atomic E-state index is 0.0231. The van der Waals surface area contributed by atoms with Gasteiger partial charge in [0.2, 0.25) is 5.91 Å². The summed E-state index contributed by atoms with van der Waals surface area (Å²) in [5, 5.41) is 2.89. The Bertz CT molecular complexity index is 1190. The van der Waals surface area contributed by atoms with Crippen molar-refractivity contribution in [2.75, 3.05) is 24.2 Å². The first-order valence-corrected chi connectivity index (χ1v) is 13.1. The molecular formula is C24H28N4O2S2. The third-order valence-electron chi connectivity index (χ3n) is 6.42. The molecule has 0 bridgehead atoms. The van der Waals surface area contributed by atoms with Crippen molar-refractivity contribution >= 4 is 44.9 Å². The number of hydrogen-bond donors (Lipinski definition) is 1. The molecular weight excluding hydrogens is 440 g/mol. The number of nitrogens with zero attached hydrogens (tertiary/aromatic N) is 3. The van der Waals surface area contributed by atoms with E-state index in [0.717, 1.165) is 17.3 Å². The maximum absolute atomic E-state index is 13.4. The third kappa shape index (κ3) is 4.11. The molecule has 0 aliphatic carbocycles. The SMILES string of the molecule is CC(C)c1ccc([C@@H](Cn2cnc3c4c(sc3c2=O)SCC(=O)N4)N2CCCCC2)cc1. The summed E-state index contributed by atoms with van der Waals surface area (Å²) in [4.78, 5) is 32.4. The van der Waals surface area contributed by atoms with Gasteiger partial charge < -0.3 is 5.32 Å². The minimum Gasteiger partial charge on any atom is -0.322 e. The van der Waals surface area contributed by atoms with E-state index in [2.05, 4.69) is 53.3 Å². The van der Waals surface area contributed by atoms with Crippen LogP contribution in [0.25, 0.3) is 10.2 Å². The van der Waals surface area contributed by atoms with Gasteiger partial charge in [0.05, 0.1) is 28.0 Å². The van der Waals surface area contributed by atoms with Gasteiger partial charge in [-0.1, -0.05) is 44.5 Å². The minimum atomic E-state index is -0.0387. The van der Waals surface area contributed by atoms with Gasteiger partial charge in [0.1, 0.15) is 10.2 Å². The molecule has 6 nitrogen and oxygen atoms in total. The Hall–Kier alpha value is -2.16. The van der Waals surface area contributed by atoms with Crippen molar-refractivity contribution < 1.29 is 4.79 Å². The van der Waals surface area contributed by atoms with Crippen LogP contribution in [0.1, 0.15) is 56.2 Å². The largest absolute Gasteiger partial charge is 0.322 e. The molecule has 1 atom stereocenters. The number of amides is 1. The molecule has 2 aromatic heterocycles. The summed E-state index contributed by atoms with van der Waals surface area (Å²) in [5.74, 6) is 0.843. The van der Waals surface area contributed by atoms with Gasteiger partial charge >= 0.3 is 0 Å². The molecule has 1 fully saturated rings. The molecule has 1 saturated heterocycles. The fourth-order valence-electron chi connectivity index (χ4n) is 4.58. The molecule has 4 heterocycles. The highest BCUT2D eigenvalue weighted by Gasteiger charge is 2.26. The normalized spacial score (nSPS) is 18.0. The second kappa shape index (κ2) is 9.00. The van der Waals surface area contributed by atoms with E-state index in [1.165, 1.54) is 53.5 Å². The first kappa shape index (κ1) is 21.7. The molecule has 5 rings (SSSR count). The summed E-state index contributed by atoms with van der Waals surface area (Å²) in [5.41, 5.74) is 3.87. The van der Waals surface area contributed by atoms with E-state index in [0.29, 0.717) is 34.1 Å². The van der Waals surface area contributed by atoms with E-state index in [4.69, 9.17) is 0 Å². The number of thioether (sulfide) groups is 1. The number of nitrogens with one attached hydrogen (secondary N) is 1. The quantitative estimate of drug-likeness (QED) is 0.580. The van der Waals surface area contributed by atoms with Gasteiger partial charge in [0, 0.05) is 6.54 Å². The van der Waals surface area contributed by atoms with Crippen LogP contribution in [-0.2, 0) is 11.3 Å². The van der Waals surface area contributed by atoms with Crippen molar-refractivity contribution in [3.05, 3.63) is 52.1 Å². The summed E-state index contributed by atoms with van der Waals surface area (Å²) >= 11 is 2.93. The van der Waals surface area contributed by atoms with Crippen molar-refractivity contribution in [1.29, 1.82) is 0 Å². The number of carbonyl (C=O) groups excluding carboxylic acids is 1. The van der Waals surface area contributed by atoms with E-state index >= 15 is 0 Å². The molecule has 0 unspecified atom stereocenters. The third-order valence-corrected chi connectivity index (χ3v) is 8.86. The predicted octanol–water partition coefficient (Wildman–Crippen LogP) is 4.85. The lowest BCUT2D eigenvalue weighted by Crippen LogP contribution is -2.37. The molecule has 3 aromatic rings. The van der Waals surface area contributed by atoms with Crippen LogP contribution < -0.4 is 10.9 Å². The Morgan fingerprint density at radius 1 is 1.06 bits per heavy atom. The van der Waals surface area contributed by atoms with Crippen molar-refractivity contribution in [2.45, 2.75) is 55.8 Å². The number of benzene rings is 1. The van der Waals surface area contributed by atoms with Crippen molar-refractivity contribution in [3.63, 3.8) is 0 Å². The Kier molecular flexibility index (Phi) is 6.09. The van der Waals surface area contributed by atoms with Gasteiger partial charge in [-0.05, 0) is 43.0 Å². The summed E-state index contributed by atoms with van der Waals surface area (Å²) < 4.78 is 3.35. The van der Waals surface area contributed by atoms with Crippen molar-refractivity contribution in [3.8, 4) is 0 Å². The second-order valence-electron chi connectivity index (χ2n) is 8.91. The molecule has 32 heavy (non-hydrogen) atoms. The standard InChI is InChI=1S/C24H28N4O2S2/c1-15(2)16-6-8-17(9-7-16)18(27-10-4-3-5-11-27)12-28-14-25-20-21-24(31-13-19(29)26-21)32-22(20)23(28)30/h6-9,14-15,18H,3-5,10-13H2,1-2H3,(H,26,29)/t18-/m1/s1. The number of rotatable bonds is 5. The number of thiophene rings is 1. The number of fused-ring (bicyclic) bond motifs is 3. The highest BCUT2D eigenvalue weighted by molar-refractivity contribution is 8.02. The molecule has 2 aliphatic rings. The monoisotopic (exact) mass is 468 g/mol. The highest BCUT2D eigenvalue weighted by atomic mass is 32.2. The fraction of sp³-hybridized carbons (Fsp3) is 0.458. The number of hydrogen-bond acceptors (Lipinski definition) is 6. The Labute approximate surface area is 196 Å². The van der Waals surface area contributed by atoms with Crippen LogP contribution in [0.2, 0.25) is 0 Å². The molecule has 2 aliphatic heterocycles. The van der Waals surface area contributed by atoms with Crippen LogP contribution in [0.5, 0.6) is 0 Å². The van der Waals surface area contributed by atoms with E-state index in [1.807, 2.05) is 0 Å². The number of carbonyl (C=O) groups is 1. The molecule has 0 spiro atoms. The van der Waals surface area contributed by atoms with E-state index in [1.54, 1.807) is 10.9 Å². The van der Waals surface area contributed by atoms with Gasteiger partial charge in [0.25, 0.3) is 5.56 Å². The van der Waals surface area contributed by atoms with Crippen LogP contribution in [-0.4, -0.2) is 39.2 Å². The Morgan fingerprint density at radius 2 is 1.78 bits per heavy atom. The summed E-state index contributed by atoms with van der Waals surface area (Å²) in [7, 11) is 0. The molecule has 168 valence electrons. The molecule has 1 amide bonds. The number of aromatic nitrogens is 2. The molecule has 1 aromatic carbocycles. The lowest BCUT2D eigenvalue weighted by Gasteiger charge is -2.35. The Balaban J connectivity index is 1.51. The molecule has 1 N–H and O–H groups in total. The van der Waals surface area contributed by atoms with Crippen LogP contribution >= 0.6 is 23.1 Å². The zero-order valence-corrected chi connectivity index (χ0v) is 20.1. The van der Waals surface area contributed by atoms with Gasteiger partial charge in [0.15, 0.2) is 0 Å². The zero-order valence-electron chi connectivity index (χ0n) is 18.5. The van der Waals surface area contributed by atoms with Crippen LogP contribution in [0.3, 0.4) is 0 Å². The van der Waals surface area contributed by atoms with E-state index < -0.39 is 0 Å². The zero-order chi connectivity index (χ0) is 22.2. The van der Waals surface area contributed by atoms with Gasteiger partial charge in [-0.25, -0.2) is 4.98 Å². The smallest absolute Gasteiger partial charge is 0.271 e. The van der Waals surface area contributed by atoms with Gasteiger partial charge in [-0.15, -0.1) is 23.1 Å². The van der Waals surface area contributed by atoms with E-state index in [-0.39, 0.29) is 17.5 Å². The average molecular weight is 469 g/mol. The summed E-state index contributed by atoms with van der Waals surface area (Å²) in [6, 6.07) is 9.02. The molecule has 0 saturated carbocycles. The first-order chi connectivity index (χ1) is 15.5. The number of likely N-dealkylation sites (tertiary alicyclic amines) is 1. The fourth-order valence-corrected chi connectivity index (χ4v) is 6.76. The van der Waals surface area contributed by atoms with Crippen molar-refractivity contribution in [1.82, 2.24) is 14.5 Å². The van der Waals surface area contributed by atoms with Gasteiger partial charge in [-0.3, -0.25) is 19.1 Å². The summed E-state index contributed by atoms with van der Waals surface area (Å²) in [6.45, 7) is 7.09. The predicted molar refractivity (Wildman–Crippen MR) is 132 cm³/mol. The van der Waals surface area contributed by atoms with Crippen molar-refractivity contribution in [2.24, 2.45) is 0 Å². The second-order valence-corrected chi connectivity index (χ2v) is 11.2.